The highest BCUT2D eigenvalue weighted by Gasteiger charge is 2.45. The van der Waals surface area contributed by atoms with Gasteiger partial charge in [0.15, 0.2) is 29.6 Å². The Morgan fingerprint density at radius 1 is 0.765 bits per heavy atom. The fourth-order valence-electron chi connectivity index (χ4n) is 5.74. The topological polar surface area (TPSA) is 178 Å². The van der Waals surface area contributed by atoms with E-state index < -0.39 is 90.6 Å². The van der Waals surface area contributed by atoms with Gasteiger partial charge in [-0.25, -0.2) is 17.6 Å². The van der Waals surface area contributed by atoms with Crippen molar-refractivity contribution in [3.05, 3.63) is 70.8 Å². The molecule has 2 amide bonds. The lowest BCUT2D eigenvalue weighted by atomic mass is 9.98. The summed E-state index contributed by atoms with van der Waals surface area (Å²) in [5.41, 5.74) is 0.968. The van der Waals surface area contributed by atoms with Crippen LogP contribution in [-0.2, 0) is 31.9 Å². The summed E-state index contributed by atoms with van der Waals surface area (Å²) >= 11 is 0. The molecule has 2 aromatic rings. The predicted molar refractivity (Wildman–Crippen MR) is 177 cm³/mol. The molecule has 7 N–H and O–H groups in total. The highest BCUT2D eigenvalue weighted by Crippen LogP contribution is 2.23. The van der Waals surface area contributed by atoms with E-state index in [0.717, 1.165) is 68.7 Å². The van der Waals surface area contributed by atoms with E-state index in [9.17, 15) is 52.7 Å². The van der Waals surface area contributed by atoms with Crippen LogP contribution in [0.4, 0.5) is 17.6 Å². The first-order valence-electron chi connectivity index (χ1n) is 17.4. The molecule has 0 saturated carbocycles. The number of aliphatic hydroxyl groups is 5. The zero-order chi connectivity index (χ0) is 37.5. The average Bonchev–Trinajstić information content (AvgIpc) is 3.09. The number of hydrogen-bond donors (Lipinski definition) is 7. The second kappa shape index (κ2) is 21.4. The van der Waals surface area contributed by atoms with Gasteiger partial charge in [0, 0.05) is 13.0 Å². The van der Waals surface area contributed by atoms with Gasteiger partial charge in [-0.15, -0.1) is 0 Å². The predicted octanol–water partition coefficient (Wildman–Crippen LogP) is 2.71. The fraction of sp³-hybridized carbons (Fsp3) is 0.611. The molecule has 1 saturated heterocycles. The highest BCUT2D eigenvalue weighted by molar-refractivity contribution is 5.78. The van der Waals surface area contributed by atoms with Crippen LogP contribution in [-0.4, -0.2) is 99.5 Å². The third kappa shape index (κ3) is 14.0. The minimum atomic E-state index is -1.75. The Kier molecular flexibility index (Phi) is 17.7. The van der Waals surface area contributed by atoms with Crippen LogP contribution in [0.3, 0.4) is 0 Å². The number of carbonyl (C=O) groups is 2. The molecule has 1 heterocycles. The van der Waals surface area contributed by atoms with Crippen molar-refractivity contribution in [2.75, 3.05) is 13.2 Å². The van der Waals surface area contributed by atoms with Crippen molar-refractivity contribution in [2.45, 2.75) is 127 Å². The molecule has 51 heavy (non-hydrogen) atoms. The second-order valence-corrected chi connectivity index (χ2v) is 13.1. The number of aryl methyl sites for hydroxylation is 1. The van der Waals surface area contributed by atoms with Crippen LogP contribution >= 0.6 is 0 Å². The zero-order valence-electron chi connectivity index (χ0n) is 28.7. The van der Waals surface area contributed by atoms with E-state index in [1.807, 2.05) is 0 Å². The van der Waals surface area contributed by atoms with Crippen LogP contribution in [0.2, 0.25) is 0 Å². The monoisotopic (exact) mass is 730 g/mol. The van der Waals surface area contributed by atoms with Gasteiger partial charge in [-0.1, -0.05) is 50.7 Å². The minimum absolute atomic E-state index is 0.150. The summed E-state index contributed by atoms with van der Waals surface area (Å²) in [5, 5.41) is 56.9. The molecule has 1 aliphatic heterocycles. The zero-order valence-corrected chi connectivity index (χ0v) is 28.7. The quantitative estimate of drug-likeness (QED) is 0.0752. The number of halogens is 4. The van der Waals surface area contributed by atoms with Gasteiger partial charge in [0.2, 0.25) is 11.8 Å². The molecule has 2 aromatic carbocycles. The molecule has 0 radical (unpaired) electrons. The third-order valence-electron chi connectivity index (χ3n) is 8.81. The van der Waals surface area contributed by atoms with E-state index in [-0.39, 0.29) is 24.9 Å². The van der Waals surface area contributed by atoms with E-state index in [1.165, 1.54) is 19.1 Å². The SMILES string of the molecule is C[C@@H](O)[C@@H](O)[C@H](CO[C@H]1OC(CNC(=O)Cc2ccc(F)c(F)c2)[C@H](O)C(O)C1O)NC(=O)CCCCCCCCCCc1ccc(F)c(F)c1. The lowest BCUT2D eigenvalue weighted by Crippen LogP contribution is -2.61. The molecule has 286 valence electrons. The number of amides is 2. The van der Waals surface area contributed by atoms with Crippen molar-refractivity contribution in [3.63, 3.8) is 0 Å². The molecule has 0 spiro atoms. The Bertz CT molecular complexity index is 1390. The molecule has 15 heteroatoms. The minimum Gasteiger partial charge on any atom is -0.391 e. The maximum atomic E-state index is 13.5. The summed E-state index contributed by atoms with van der Waals surface area (Å²) in [5.74, 6) is -4.88. The third-order valence-corrected chi connectivity index (χ3v) is 8.81. The summed E-state index contributed by atoms with van der Waals surface area (Å²) in [6.07, 6.45) is -3.00. The normalized spacial score (nSPS) is 22.3. The summed E-state index contributed by atoms with van der Waals surface area (Å²) in [6.45, 7) is 0.523. The molecule has 3 rings (SSSR count). The van der Waals surface area contributed by atoms with Gasteiger partial charge in [0.25, 0.3) is 0 Å². The number of aliphatic hydroxyl groups excluding tert-OH is 5. The summed E-state index contributed by atoms with van der Waals surface area (Å²) in [6, 6.07) is 5.83. The van der Waals surface area contributed by atoms with E-state index in [2.05, 4.69) is 10.6 Å². The Balaban J connectivity index is 1.37. The Morgan fingerprint density at radius 3 is 1.94 bits per heavy atom. The number of ether oxygens (including phenoxy) is 2. The number of nitrogens with one attached hydrogen (secondary N) is 2. The number of hydrogen-bond acceptors (Lipinski definition) is 9. The molecule has 0 aromatic heterocycles. The van der Waals surface area contributed by atoms with Crippen LogP contribution in [0, 0.1) is 23.3 Å². The van der Waals surface area contributed by atoms with Crippen LogP contribution in [0.15, 0.2) is 36.4 Å². The van der Waals surface area contributed by atoms with Crippen molar-refractivity contribution in [2.24, 2.45) is 0 Å². The van der Waals surface area contributed by atoms with Crippen LogP contribution in [0.5, 0.6) is 0 Å². The number of unbranched alkanes of at least 4 members (excludes halogenated alkanes) is 7. The van der Waals surface area contributed by atoms with Gasteiger partial charge < -0.3 is 45.6 Å². The van der Waals surface area contributed by atoms with Crippen molar-refractivity contribution >= 4 is 11.8 Å². The molecule has 8 atom stereocenters. The second-order valence-electron chi connectivity index (χ2n) is 13.1. The summed E-state index contributed by atoms with van der Waals surface area (Å²) in [4.78, 5) is 25.0. The Morgan fingerprint density at radius 2 is 1.33 bits per heavy atom. The molecule has 1 aliphatic rings. The molecule has 0 bridgehead atoms. The van der Waals surface area contributed by atoms with Gasteiger partial charge in [0.05, 0.1) is 25.2 Å². The molecule has 3 unspecified atom stereocenters. The Labute approximate surface area is 295 Å². The fourth-order valence-corrected chi connectivity index (χ4v) is 5.74. The average molecular weight is 731 g/mol. The maximum absolute atomic E-state index is 13.5. The van der Waals surface area contributed by atoms with Crippen molar-refractivity contribution < 1.29 is 62.2 Å². The first kappa shape index (κ1) is 42.2. The van der Waals surface area contributed by atoms with Crippen molar-refractivity contribution in [3.8, 4) is 0 Å². The van der Waals surface area contributed by atoms with Gasteiger partial charge in [-0.05, 0) is 61.6 Å². The molecule has 1 fully saturated rings. The number of rotatable bonds is 21. The van der Waals surface area contributed by atoms with Crippen molar-refractivity contribution in [1.82, 2.24) is 10.6 Å². The van der Waals surface area contributed by atoms with Gasteiger partial charge in [-0.2, -0.15) is 0 Å². The van der Waals surface area contributed by atoms with E-state index in [1.54, 1.807) is 6.07 Å². The van der Waals surface area contributed by atoms with E-state index in [4.69, 9.17) is 9.47 Å². The van der Waals surface area contributed by atoms with Crippen LogP contribution < -0.4 is 10.6 Å². The largest absolute Gasteiger partial charge is 0.391 e. The molecule has 0 aliphatic carbocycles. The number of benzene rings is 2. The summed E-state index contributed by atoms with van der Waals surface area (Å²) in [7, 11) is 0. The first-order chi connectivity index (χ1) is 24.3. The lowest BCUT2D eigenvalue weighted by Gasteiger charge is -2.41. The van der Waals surface area contributed by atoms with E-state index >= 15 is 0 Å². The van der Waals surface area contributed by atoms with Gasteiger partial charge >= 0.3 is 0 Å². The smallest absolute Gasteiger partial charge is 0.224 e. The first-order valence-corrected chi connectivity index (χ1v) is 17.4. The highest BCUT2D eigenvalue weighted by atomic mass is 19.2. The lowest BCUT2D eigenvalue weighted by molar-refractivity contribution is -0.297. The van der Waals surface area contributed by atoms with Crippen molar-refractivity contribution in [1.29, 1.82) is 0 Å². The Hall–Kier alpha value is -3.18. The summed E-state index contributed by atoms with van der Waals surface area (Å²) < 4.78 is 64.2. The van der Waals surface area contributed by atoms with Gasteiger partial charge in [-0.3, -0.25) is 9.59 Å². The van der Waals surface area contributed by atoms with E-state index in [0.29, 0.717) is 12.8 Å². The van der Waals surface area contributed by atoms with Crippen LogP contribution in [0.25, 0.3) is 0 Å². The van der Waals surface area contributed by atoms with Gasteiger partial charge in [0.1, 0.15) is 30.5 Å². The molecule has 11 nitrogen and oxygen atoms in total. The van der Waals surface area contributed by atoms with Crippen LogP contribution in [0.1, 0.15) is 75.8 Å². The molecular weight excluding hydrogens is 680 g/mol. The number of carbonyl (C=O) groups excluding carboxylic acids is 2. The molecular formula is C36H50F4N2O9. The maximum Gasteiger partial charge on any atom is 0.224 e. The standard InChI is InChI=1S/C36H50F4N2O9/c1-21(43)32(46)28(42-30(44)11-9-7-5-3-2-4-6-8-10-22-12-14-24(37)26(39)16-22)20-50-36-35(49)34(48)33(47)29(51-36)19-41-31(45)18-23-13-15-25(38)27(40)17-23/h12-17,21,28-29,32-36,43,46-49H,2-11,18-20H2,1H3,(H,41,45)(H,42,44)/t21-,28+,29?,32-,33+,34?,35?,36+/m1/s1.